The normalized spacial score (nSPS) is 10.8. The van der Waals surface area contributed by atoms with Gasteiger partial charge < -0.3 is 24.3 Å². The van der Waals surface area contributed by atoms with Crippen LogP contribution in [0, 0.1) is 0 Å². The number of rotatable bonds is 12. The van der Waals surface area contributed by atoms with Crippen molar-refractivity contribution in [2.75, 3.05) is 27.4 Å². The van der Waals surface area contributed by atoms with Gasteiger partial charge in [-0.3, -0.25) is 0 Å². The zero-order valence-corrected chi connectivity index (χ0v) is 22.5. The van der Waals surface area contributed by atoms with Gasteiger partial charge in [0.2, 0.25) is 0 Å². The van der Waals surface area contributed by atoms with Crippen LogP contribution in [0.15, 0.2) is 53.0 Å². The molecule has 0 amide bonds. The standard InChI is InChI=1S/C26H28BrCl2NO4/c1-4-33-25-14-19(15-30-10-9-17-6-8-23(31-2)24(13-17)32-3)11-20(27)26(25)34-16-18-5-7-21(28)22(29)12-18/h5-8,11-14,30H,4,9-10,15-16H2,1-3H3. The summed E-state index contributed by atoms with van der Waals surface area (Å²) in [5, 5.41) is 4.50. The van der Waals surface area contributed by atoms with E-state index < -0.39 is 0 Å². The summed E-state index contributed by atoms with van der Waals surface area (Å²) in [4.78, 5) is 0. The first-order valence-electron chi connectivity index (χ1n) is 10.9. The Morgan fingerprint density at radius 2 is 1.53 bits per heavy atom. The number of ether oxygens (including phenoxy) is 4. The predicted molar refractivity (Wildman–Crippen MR) is 141 cm³/mol. The van der Waals surface area contributed by atoms with Crippen LogP contribution >= 0.6 is 39.1 Å². The molecule has 0 heterocycles. The topological polar surface area (TPSA) is 49.0 Å². The van der Waals surface area contributed by atoms with Crippen LogP contribution in [0.2, 0.25) is 10.0 Å². The second-order valence-electron chi connectivity index (χ2n) is 7.49. The van der Waals surface area contributed by atoms with Crippen LogP contribution in [0.1, 0.15) is 23.6 Å². The molecule has 1 N–H and O–H groups in total. The summed E-state index contributed by atoms with van der Waals surface area (Å²) in [5.74, 6) is 2.81. The van der Waals surface area contributed by atoms with E-state index in [-0.39, 0.29) is 0 Å². The van der Waals surface area contributed by atoms with Crippen molar-refractivity contribution in [3.05, 3.63) is 79.7 Å². The predicted octanol–water partition coefficient (Wildman–Crippen LogP) is 7.08. The maximum Gasteiger partial charge on any atom is 0.175 e. The van der Waals surface area contributed by atoms with Crippen molar-refractivity contribution in [2.24, 2.45) is 0 Å². The maximum atomic E-state index is 6.12. The van der Waals surface area contributed by atoms with Crippen LogP contribution in [0.5, 0.6) is 23.0 Å². The molecule has 0 aromatic heterocycles. The molecule has 0 spiro atoms. The third-order valence-corrected chi connectivity index (χ3v) is 6.43. The first-order chi connectivity index (χ1) is 16.4. The number of halogens is 3. The van der Waals surface area contributed by atoms with Gasteiger partial charge in [0.1, 0.15) is 6.61 Å². The second kappa shape index (κ2) is 13.1. The molecule has 0 aliphatic rings. The molecular weight excluding hydrogens is 541 g/mol. The van der Waals surface area contributed by atoms with Crippen molar-refractivity contribution in [3.8, 4) is 23.0 Å². The molecule has 0 bridgehead atoms. The summed E-state index contributed by atoms with van der Waals surface area (Å²) >= 11 is 15.8. The molecule has 0 aliphatic heterocycles. The molecule has 3 aromatic carbocycles. The van der Waals surface area contributed by atoms with Crippen LogP contribution in [-0.2, 0) is 19.6 Å². The Labute approximate surface area is 219 Å². The molecule has 0 saturated carbocycles. The van der Waals surface area contributed by atoms with Gasteiger partial charge in [0, 0.05) is 6.54 Å². The van der Waals surface area contributed by atoms with Crippen LogP contribution in [-0.4, -0.2) is 27.4 Å². The highest BCUT2D eigenvalue weighted by molar-refractivity contribution is 9.10. The van der Waals surface area contributed by atoms with Gasteiger partial charge in [-0.2, -0.15) is 0 Å². The van der Waals surface area contributed by atoms with Crippen LogP contribution in [0.25, 0.3) is 0 Å². The summed E-state index contributed by atoms with van der Waals surface area (Å²) in [6, 6.07) is 15.5. The van der Waals surface area contributed by atoms with Crippen molar-refractivity contribution in [2.45, 2.75) is 26.5 Å². The average molecular weight is 569 g/mol. The summed E-state index contributed by atoms with van der Waals surface area (Å²) in [6.07, 6.45) is 0.866. The highest BCUT2D eigenvalue weighted by Crippen LogP contribution is 2.38. The molecule has 0 saturated heterocycles. The molecule has 0 radical (unpaired) electrons. The fourth-order valence-electron chi connectivity index (χ4n) is 3.41. The van der Waals surface area contributed by atoms with Gasteiger partial charge in [-0.25, -0.2) is 0 Å². The SMILES string of the molecule is CCOc1cc(CNCCc2ccc(OC)c(OC)c2)cc(Br)c1OCc1ccc(Cl)c(Cl)c1. The molecule has 0 unspecified atom stereocenters. The Bertz CT molecular complexity index is 1110. The van der Waals surface area contributed by atoms with E-state index in [9.17, 15) is 0 Å². The molecule has 3 aromatic rings. The van der Waals surface area contributed by atoms with E-state index in [1.807, 2.05) is 43.3 Å². The van der Waals surface area contributed by atoms with E-state index in [4.69, 9.17) is 42.1 Å². The first-order valence-corrected chi connectivity index (χ1v) is 12.4. The minimum Gasteiger partial charge on any atom is -0.493 e. The van der Waals surface area contributed by atoms with Crippen LogP contribution in [0.4, 0.5) is 0 Å². The molecule has 0 atom stereocenters. The summed E-state index contributed by atoms with van der Waals surface area (Å²) in [5.41, 5.74) is 3.18. The lowest BCUT2D eigenvalue weighted by Crippen LogP contribution is -2.17. The van der Waals surface area contributed by atoms with Crippen LogP contribution < -0.4 is 24.3 Å². The fourth-order valence-corrected chi connectivity index (χ4v) is 4.34. The van der Waals surface area contributed by atoms with E-state index >= 15 is 0 Å². The molecule has 5 nitrogen and oxygen atoms in total. The zero-order chi connectivity index (χ0) is 24.5. The van der Waals surface area contributed by atoms with E-state index in [1.165, 1.54) is 5.56 Å². The smallest absolute Gasteiger partial charge is 0.175 e. The van der Waals surface area contributed by atoms with Crippen molar-refractivity contribution < 1.29 is 18.9 Å². The lowest BCUT2D eigenvalue weighted by molar-refractivity contribution is 0.267. The molecule has 34 heavy (non-hydrogen) atoms. The Balaban J connectivity index is 1.61. The fraction of sp³-hybridized carbons (Fsp3) is 0.308. The zero-order valence-electron chi connectivity index (χ0n) is 19.4. The molecule has 0 aliphatic carbocycles. The Morgan fingerprint density at radius 3 is 2.24 bits per heavy atom. The molecule has 0 fully saturated rings. The number of hydrogen-bond donors (Lipinski definition) is 1. The van der Waals surface area contributed by atoms with Gasteiger partial charge in [-0.15, -0.1) is 0 Å². The largest absolute Gasteiger partial charge is 0.493 e. The van der Waals surface area contributed by atoms with E-state index in [2.05, 4.69) is 21.2 Å². The summed E-state index contributed by atoms with van der Waals surface area (Å²) < 4.78 is 23.4. The summed E-state index contributed by atoms with van der Waals surface area (Å²) in [7, 11) is 3.28. The van der Waals surface area contributed by atoms with Gasteiger partial charge in [0.15, 0.2) is 23.0 Å². The average Bonchev–Trinajstić information content (AvgIpc) is 2.83. The van der Waals surface area contributed by atoms with Gasteiger partial charge in [-0.1, -0.05) is 35.3 Å². The minimum absolute atomic E-state index is 0.346. The number of nitrogens with one attached hydrogen (secondary N) is 1. The number of hydrogen-bond acceptors (Lipinski definition) is 5. The van der Waals surface area contributed by atoms with Crippen LogP contribution in [0.3, 0.4) is 0 Å². The van der Waals surface area contributed by atoms with Crippen molar-refractivity contribution in [1.29, 1.82) is 0 Å². The van der Waals surface area contributed by atoms with Crippen molar-refractivity contribution in [3.63, 3.8) is 0 Å². The van der Waals surface area contributed by atoms with Gasteiger partial charge in [0.05, 0.1) is 35.3 Å². The van der Waals surface area contributed by atoms with Crippen molar-refractivity contribution >= 4 is 39.1 Å². The first kappa shape index (κ1) is 26.5. The molecule has 8 heteroatoms. The van der Waals surface area contributed by atoms with E-state index in [0.717, 1.165) is 40.1 Å². The molecule has 182 valence electrons. The molecule has 3 rings (SSSR count). The third-order valence-electron chi connectivity index (χ3n) is 5.10. The van der Waals surface area contributed by atoms with Gasteiger partial charge >= 0.3 is 0 Å². The Morgan fingerprint density at radius 1 is 0.794 bits per heavy atom. The lowest BCUT2D eigenvalue weighted by atomic mass is 10.1. The Kier molecular flexibility index (Phi) is 10.2. The highest BCUT2D eigenvalue weighted by atomic mass is 79.9. The highest BCUT2D eigenvalue weighted by Gasteiger charge is 2.13. The number of benzene rings is 3. The minimum atomic E-state index is 0.346. The van der Waals surface area contributed by atoms with Crippen molar-refractivity contribution in [1.82, 2.24) is 5.32 Å². The maximum absolute atomic E-state index is 6.12. The molecular formula is C26H28BrCl2NO4. The third kappa shape index (κ3) is 7.19. The van der Waals surface area contributed by atoms with E-state index in [1.54, 1.807) is 26.4 Å². The Hall–Kier alpha value is -2.12. The quantitative estimate of drug-likeness (QED) is 0.236. The number of methoxy groups -OCH3 is 2. The van der Waals surface area contributed by atoms with Gasteiger partial charge in [-0.05, 0) is 88.9 Å². The summed E-state index contributed by atoms with van der Waals surface area (Å²) in [6.45, 7) is 4.33. The van der Waals surface area contributed by atoms with Gasteiger partial charge in [0.25, 0.3) is 0 Å². The monoisotopic (exact) mass is 567 g/mol. The van der Waals surface area contributed by atoms with E-state index in [0.29, 0.717) is 41.3 Å². The lowest BCUT2D eigenvalue weighted by Gasteiger charge is -2.16. The second-order valence-corrected chi connectivity index (χ2v) is 9.16.